The summed E-state index contributed by atoms with van der Waals surface area (Å²) in [6.07, 6.45) is 3.90. The van der Waals surface area contributed by atoms with Gasteiger partial charge in [-0.05, 0) is 44.5 Å². The molecule has 2 heterocycles. The summed E-state index contributed by atoms with van der Waals surface area (Å²) in [5, 5.41) is 3.48. The minimum absolute atomic E-state index is 0.752. The Labute approximate surface area is 109 Å². The molecule has 1 atom stereocenters. The highest BCUT2D eigenvalue weighted by Crippen LogP contribution is 2.24. The second-order valence-corrected chi connectivity index (χ2v) is 6.05. The Bertz CT molecular complexity index is 335. The van der Waals surface area contributed by atoms with Crippen LogP contribution in [0, 0.1) is 0 Å². The van der Waals surface area contributed by atoms with Crippen LogP contribution in [0.5, 0.6) is 0 Å². The average Bonchev–Trinajstić information content (AvgIpc) is 2.96. The number of nitrogens with zero attached hydrogens (tertiary/aromatic N) is 1. The molecule has 0 saturated carbocycles. The summed E-state index contributed by atoms with van der Waals surface area (Å²) in [5.74, 6) is 0. The number of likely N-dealkylation sites (tertiary alicyclic amines) is 1. The van der Waals surface area contributed by atoms with Gasteiger partial charge < -0.3 is 5.32 Å². The second kappa shape index (κ2) is 6.53. The maximum Gasteiger partial charge on any atom is 0.0331 e. The van der Waals surface area contributed by atoms with Crippen LogP contribution in [0.3, 0.4) is 0 Å². The number of rotatable bonds is 6. The van der Waals surface area contributed by atoms with E-state index in [0.29, 0.717) is 0 Å². The van der Waals surface area contributed by atoms with Gasteiger partial charge in [0.05, 0.1) is 0 Å². The lowest BCUT2D eigenvalue weighted by Gasteiger charge is -2.23. The molecule has 0 bridgehead atoms. The normalized spacial score (nSPS) is 21.2. The quantitative estimate of drug-likeness (QED) is 0.837. The molecule has 1 N–H and O–H groups in total. The van der Waals surface area contributed by atoms with Gasteiger partial charge in [-0.2, -0.15) is 0 Å². The van der Waals surface area contributed by atoms with Crippen molar-refractivity contribution in [2.45, 2.75) is 45.7 Å². The third kappa shape index (κ3) is 3.54. The first kappa shape index (κ1) is 13.1. The van der Waals surface area contributed by atoms with Gasteiger partial charge in [-0.3, -0.25) is 4.90 Å². The van der Waals surface area contributed by atoms with Crippen LogP contribution in [0.1, 0.15) is 36.4 Å². The van der Waals surface area contributed by atoms with Crippen LogP contribution in [0.25, 0.3) is 0 Å². The van der Waals surface area contributed by atoms with Gasteiger partial charge in [-0.1, -0.05) is 13.8 Å². The molecule has 2 rings (SSSR count). The molecule has 3 heteroatoms. The molecular weight excluding hydrogens is 228 g/mol. The lowest BCUT2D eigenvalue weighted by Crippen LogP contribution is -2.37. The van der Waals surface area contributed by atoms with Gasteiger partial charge in [0.2, 0.25) is 0 Å². The number of nitrogens with one attached hydrogen (secondary N) is 1. The van der Waals surface area contributed by atoms with Crippen molar-refractivity contribution in [1.82, 2.24) is 10.2 Å². The summed E-state index contributed by atoms with van der Waals surface area (Å²) >= 11 is 1.98. The lowest BCUT2D eigenvalue weighted by molar-refractivity contribution is 0.242. The van der Waals surface area contributed by atoms with Crippen LogP contribution in [0.4, 0.5) is 0 Å². The van der Waals surface area contributed by atoms with Crippen LogP contribution in [-0.4, -0.2) is 30.6 Å². The summed E-state index contributed by atoms with van der Waals surface area (Å²) in [7, 11) is 0. The minimum Gasteiger partial charge on any atom is -0.315 e. The fourth-order valence-corrected chi connectivity index (χ4v) is 3.53. The molecule has 1 aromatic rings. The predicted molar refractivity (Wildman–Crippen MR) is 75.7 cm³/mol. The fraction of sp³-hybridized carbons (Fsp3) is 0.714. The van der Waals surface area contributed by atoms with Crippen molar-refractivity contribution in [2.24, 2.45) is 0 Å². The third-order valence-corrected chi connectivity index (χ3v) is 4.77. The van der Waals surface area contributed by atoms with Crippen molar-refractivity contribution in [2.75, 3.05) is 19.6 Å². The van der Waals surface area contributed by atoms with E-state index in [2.05, 4.69) is 36.2 Å². The van der Waals surface area contributed by atoms with Gasteiger partial charge in [0.1, 0.15) is 0 Å². The molecular formula is C14H24N2S. The summed E-state index contributed by atoms with van der Waals surface area (Å²) in [6.45, 7) is 9.09. The molecule has 96 valence electrons. The zero-order valence-electron chi connectivity index (χ0n) is 11.0. The third-order valence-electron chi connectivity index (χ3n) is 3.55. The van der Waals surface area contributed by atoms with Crippen molar-refractivity contribution in [3.63, 3.8) is 0 Å². The highest BCUT2D eigenvalue weighted by atomic mass is 32.1. The van der Waals surface area contributed by atoms with Crippen molar-refractivity contribution in [3.8, 4) is 0 Å². The minimum atomic E-state index is 0.752. The maximum absolute atomic E-state index is 3.48. The molecule has 0 aliphatic carbocycles. The van der Waals surface area contributed by atoms with Crippen LogP contribution >= 0.6 is 11.3 Å². The van der Waals surface area contributed by atoms with E-state index >= 15 is 0 Å². The number of aryl methyl sites for hydroxylation is 1. The molecule has 1 aliphatic rings. The molecule has 2 nitrogen and oxygen atoms in total. The zero-order chi connectivity index (χ0) is 12.1. The second-order valence-electron chi connectivity index (χ2n) is 4.80. The lowest BCUT2D eigenvalue weighted by atomic mass is 10.2. The van der Waals surface area contributed by atoms with E-state index in [1.807, 2.05) is 11.3 Å². The molecule has 1 aromatic heterocycles. The maximum atomic E-state index is 3.48. The summed E-state index contributed by atoms with van der Waals surface area (Å²) in [4.78, 5) is 5.70. The molecule has 0 amide bonds. The molecule has 0 spiro atoms. The van der Waals surface area contributed by atoms with Crippen molar-refractivity contribution in [1.29, 1.82) is 0 Å². The molecule has 1 aliphatic heterocycles. The van der Waals surface area contributed by atoms with Gasteiger partial charge in [-0.15, -0.1) is 11.3 Å². The highest BCUT2D eigenvalue weighted by Gasteiger charge is 2.24. The van der Waals surface area contributed by atoms with E-state index in [1.165, 1.54) is 35.6 Å². The fourth-order valence-electron chi connectivity index (χ4n) is 2.54. The van der Waals surface area contributed by atoms with Crippen LogP contribution < -0.4 is 5.32 Å². The van der Waals surface area contributed by atoms with E-state index in [1.54, 1.807) is 0 Å². The van der Waals surface area contributed by atoms with Crippen molar-refractivity contribution >= 4 is 11.3 Å². The number of hydrogen-bond acceptors (Lipinski definition) is 3. The first-order valence-electron chi connectivity index (χ1n) is 6.85. The first-order chi connectivity index (χ1) is 8.33. The summed E-state index contributed by atoms with van der Waals surface area (Å²) in [5.41, 5.74) is 0. The van der Waals surface area contributed by atoms with Gasteiger partial charge >= 0.3 is 0 Å². The Kier molecular flexibility index (Phi) is 5.01. The standard InChI is InChI=1S/C14H24N2S/c1-3-13-7-8-14(17-13)11-16-9-5-6-12(16)10-15-4-2/h7-8,12,15H,3-6,9-11H2,1-2H3. The zero-order valence-corrected chi connectivity index (χ0v) is 11.9. The Hall–Kier alpha value is -0.380. The van der Waals surface area contributed by atoms with Gasteiger partial charge in [-0.25, -0.2) is 0 Å². The Morgan fingerprint density at radius 2 is 2.18 bits per heavy atom. The smallest absolute Gasteiger partial charge is 0.0331 e. The monoisotopic (exact) mass is 252 g/mol. The summed E-state index contributed by atoms with van der Waals surface area (Å²) in [6, 6.07) is 5.35. The van der Waals surface area contributed by atoms with E-state index in [4.69, 9.17) is 0 Å². The molecule has 1 unspecified atom stereocenters. The van der Waals surface area contributed by atoms with E-state index in [-0.39, 0.29) is 0 Å². The molecule has 17 heavy (non-hydrogen) atoms. The Morgan fingerprint density at radius 1 is 1.35 bits per heavy atom. The average molecular weight is 252 g/mol. The number of hydrogen-bond donors (Lipinski definition) is 1. The SMILES string of the molecule is CCNCC1CCCN1Cc1ccc(CC)s1. The van der Waals surface area contributed by atoms with Crippen LogP contribution in [0.15, 0.2) is 12.1 Å². The molecule has 0 aromatic carbocycles. The highest BCUT2D eigenvalue weighted by molar-refractivity contribution is 7.11. The van der Waals surface area contributed by atoms with Gasteiger partial charge in [0, 0.05) is 28.9 Å². The first-order valence-corrected chi connectivity index (χ1v) is 7.67. The topological polar surface area (TPSA) is 15.3 Å². The van der Waals surface area contributed by atoms with E-state index < -0.39 is 0 Å². The van der Waals surface area contributed by atoms with E-state index in [9.17, 15) is 0 Å². The summed E-state index contributed by atoms with van der Waals surface area (Å²) < 4.78 is 0. The largest absolute Gasteiger partial charge is 0.315 e. The molecule has 1 fully saturated rings. The van der Waals surface area contributed by atoms with E-state index in [0.717, 1.165) is 25.7 Å². The van der Waals surface area contributed by atoms with Crippen LogP contribution in [0.2, 0.25) is 0 Å². The van der Waals surface area contributed by atoms with Gasteiger partial charge in [0.15, 0.2) is 0 Å². The van der Waals surface area contributed by atoms with Crippen molar-refractivity contribution < 1.29 is 0 Å². The predicted octanol–water partition coefficient (Wildman–Crippen LogP) is 2.88. The van der Waals surface area contributed by atoms with Crippen LogP contribution in [-0.2, 0) is 13.0 Å². The Balaban J connectivity index is 1.88. The molecule has 0 radical (unpaired) electrons. The van der Waals surface area contributed by atoms with Gasteiger partial charge in [0.25, 0.3) is 0 Å². The number of likely N-dealkylation sites (N-methyl/N-ethyl adjacent to an activating group) is 1. The van der Waals surface area contributed by atoms with Crippen molar-refractivity contribution in [3.05, 3.63) is 21.9 Å². The number of thiophene rings is 1. The Morgan fingerprint density at radius 3 is 2.88 bits per heavy atom. The molecule has 1 saturated heterocycles.